The summed E-state index contributed by atoms with van der Waals surface area (Å²) in [5, 5.41) is 29.7. The van der Waals surface area contributed by atoms with E-state index in [-0.39, 0.29) is 60.4 Å². The van der Waals surface area contributed by atoms with Crippen molar-refractivity contribution in [1.82, 2.24) is 15.1 Å². The number of aromatic hydroxyl groups is 1. The van der Waals surface area contributed by atoms with Crippen LogP contribution in [0.25, 0.3) is 11.1 Å². The Hall–Kier alpha value is -5.47. The number of carbonyl (C=O) groups excluding carboxylic acids is 3. The van der Waals surface area contributed by atoms with Gasteiger partial charge in [-0.25, -0.2) is 4.79 Å². The summed E-state index contributed by atoms with van der Waals surface area (Å²) in [4.78, 5) is 42.3. The van der Waals surface area contributed by atoms with Crippen molar-refractivity contribution in [2.45, 2.75) is 63.2 Å². The minimum absolute atomic E-state index is 0.0562. The molecular weight excluding hydrogens is 775 g/mol. The third-order valence-electron chi connectivity index (χ3n) is 12.3. The van der Waals surface area contributed by atoms with Gasteiger partial charge in [0.1, 0.15) is 17.5 Å². The average Bonchev–Trinajstić information content (AvgIpc) is 3.93. The van der Waals surface area contributed by atoms with E-state index >= 15 is 0 Å². The molecule has 4 atom stereocenters. The summed E-state index contributed by atoms with van der Waals surface area (Å²) in [5.74, 6) is 0.947. The number of hydrogen-bond donors (Lipinski definition) is 5. The Labute approximate surface area is 357 Å². The molecule has 4 aromatic carbocycles. The maximum Gasteiger partial charge on any atom is 0.411 e. The summed E-state index contributed by atoms with van der Waals surface area (Å²) in [6.45, 7) is 5.06. The second-order valence-electron chi connectivity index (χ2n) is 16.8. The van der Waals surface area contributed by atoms with E-state index in [1.807, 2.05) is 59.5 Å². The van der Waals surface area contributed by atoms with Gasteiger partial charge in [0, 0.05) is 56.4 Å². The minimum Gasteiger partial charge on any atom is -0.506 e. The Balaban J connectivity index is 0.698. The van der Waals surface area contributed by atoms with Crippen LogP contribution in [0, 0.1) is 11.8 Å². The van der Waals surface area contributed by atoms with Crippen molar-refractivity contribution >= 4 is 29.3 Å². The zero-order chi connectivity index (χ0) is 42.1. The number of phenols is 1. The predicted octanol–water partition coefficient (Wildman–Crippen LogP) is 6.16. The number of hydrogen-bond acceptors (Lipinski definition) is 10. The summed E-state index contributed by atoms with van der Waals surface area (Å²) in [6.07, 6.45) is 4.51. The number of fused-ring (bicyclic) bond motifs is 2. The molecule has 5 N–H and O–H groups in total. The van der Waals surface area contributed by atoms with Gasteiger partial charge >= 0.3 is 6.09 Å². The van der Waals surface area contributed by atoms with Gasteiger partial charge in [-0.2, -0.15) is 0 Å². The van der Waals surface area contributed by atoms with E-state index < -0.39 is 6.10 Å². The van der Waals surface area contributed by atoms with Crippen LogP contribution in [0.2, 0.25) is 0 Å². The van der Waals surface area contributed by atoms with Crippen molar-refractivity contribution in [2.24, 2.45) is 11.8 Å². The quantitative estimate of drug-likeness (QED) is 0.0548. The van der Waals surface area contributed by atoms with Crippen LogP contribution in [0.4, 0.5) is 16.2 Å². The maximum absolute atomic E-state index is 13.2. The molecule has 2 aliphatic carbocycles. The molecule has 13 nitrogen and oxygen atoms in total. The molecule has 0 aromatic heterocycles. The van der Waals surface area contributed by atoms with E-state index in [1.54, 1.807) is 6.07 Å². The molecule has 0 bridgehead atoms. The molecule has 4 aliphatic rings. The number of nitrogens with one attached hydrogen (secondary N) is 3. The number of amides is 3. The van der Waals surface area contributed by atoms with Crippen LogP contribution in [0.1, 0.15) is 54.9 Å². The number of carbonyl (C=O) groups is 3. The standard InChI is InChI=1S/C48H57N5O8/c54-42-16-15-40(47-46(42)51-44(56)31-60-47)43(55)28-49-20-22-53(37-13-14-37)45(57)19-24-59-23-18-33-8-6-7-32(25-33)17-21-52-29-35-26-38(27-36(35)30-52)61-48(58)50-41-12-5-4-11-39(41)34-9-2-1-3-10-34/h1-12,15-16,25,35-38,43,49,54-55H,13-14,17-24,26-31H2,(H,50,58)(H,51,56)/t35-,36+,38?,43-/m0/s1. The van der Waals surface area contributed by atoms with Crippen LogP contribution in [0.3, 0.4) is 0 Å². The van der Waals surface area contributed by atoms with E-state index in [9.17, 15) is 24.6 Å². The van der Waals surface area contributed by atoms with Gasteiger partial charge in [0.05, 0.1) is 31.4 Å². The monoisotopic (exact) mass is 831 g/mol. The Morgan fingerprint density at radius 1 is 0.918 bits per heavy atom. The molecule has 13 heteroatoms. The van der Waals surface area contributed by atoms with Gasteiger partial charge in [-0.3, -0.25) is 14.9 Å². The van der Waals surface area contributed by atoms with Gasteiger partial charge < -0.3 is 44.9 Å². The smallest absolute Gasteiger partial charge is 0.411 e. The lowest BCUT2D eigenvalue weighted by Crippen LogP contribution is -2.39. The highest BCUT2D eigenvalue weighted by Gasteiger charge is 2.42. The SMILES string of the molecule is O=C1COc2c([C@@H](O)CNCCN(C(=O)CCOCCc3cccc(CCN4C[C@H]5CC(OC(=O)Nc6ccccc6-c6ccccc6)C[C@H]5C4)c3)C3CC3)ccc(O)c2N1. The van der Waals surface area contributed by atoms with Gasteiger partial charge in [0.15, 0.2) is 12.4 Å². The van der Waals surface area contributed by atoms with Crippen molar-refractivity contribution in [1.29, 1.82) is 0 Å². The van der Waals surface area contributed by atoms with Gasteiger partial charge in [0.25, 0.3) is 5.91 Å². The zero-order valence-electron chi connectivity index (χ0n) is 34.6. The zero-order valence-corrected chi connectivity index (χ0v) is 34.6. The molecule has 8 rings (SSSR count). The lowest BCUT2D eigenvalue weighted by Gasteiger charge is -2.25. The number of aliphatic hydroxyl groups excluding tert-OH is 1. The number of aliphatic hydroxyl groups is 1. The molecule has 1 saturated heterocycles. The topological polar surface area (TPSA) is 162 Å². The first-order valence-corrected chi connectivity index (χ1v) is 21.7. The van der Waals surface area contributed by atoms with Gasteiger partial charge in [-0.15, -0.1) is 0 Å². The molecule has 3 amide bonds. The van der Waals surface area contributed by atoms with Gasteiger partial charge in [-0.05, 0) is 85.3 Å². The first-order chi connectivity index (χ1) is 29.8. The van der Waals surface area contributed by atoms with Gasteiger partial charge in [-0.1, -0.05) is 72.8 Å². The molecule has 2 saturated carbocycles. The third kappa shape index (κ3) is 11.1. The molecule has 3 fully saturated rings. The second kappa shape index (κ2) is 19.9. The fraction of sp³-hybridized carbons (Fsp3) is 0.438. The van der Waals surface area contributed by atoms with Crippen molar-refractivity contribution < 1.29 is 38.8 Å². The van der Waals surface area contributed by atoms with Crippen LogP contribution >= 0.6 is 0 Å². The molecular formula is C48H57N5O8. The van der Waals surface area contributed by atoms with Crippen LogP contribution in [-0.2, 0) is 31.9 Å². The Morgan fingerprint density at radius 3 is 2.46 bits per heavy atom. The van der Waals surface area contributed by atoms with Crippen LogP contribution in [0.5, 0.6) is 11.5 Å². The molecule has 1 unspecified atom stereocenters. The van der Waals surface area contributed by atoms with Crippen molar-refractivity contribution in [2.75, 3.05) is 69.7 Å². The Kier molecular flexibility index (Phi) is 13.8. The molecule has 0 radical (unpaired) electrons. The molecule has 322 valence electrons. The van der Waals surface area contributed by atoms with E-state index in [1.165, 1.54) is 17.2 Å². The molecule has 2 aliphatic heterocycles. The summed E-state index contributed by atoms with van der Waals surface area (Å²) >= 11 is 0. The van der Waals surface area contributed by atoms with Crippen LogP contribution < -0.4 is 20.7 Å². The first kappa shape index (κ1) is 42.2. The van der Waals surface area contributed by atoms with Crippen LogP contribution in [-0.4, -0.2) is 109 Å². The third-order valence-corrected chi connectivity index (χ3v) is 12.3. The largest absolute Gasteiger partial charge is 0.506 e. The summed E-state index contributed by atoms with van der Waals surface area (Å²) < 4.78 is 17.4. The van der Waals surface area contributed by atoms with E-state index in [4.69, 9.17) is 14.2 Å². The number of anilines is 2. The molecule has 4 aromatic rings. The van der Waals surface area contributed by atoms with Crippen molar-refractivity contribution in [3.63, 3.8) is 0 Å². The lowest BCUT2D eigenvalue weighted by atomic mass is 10.0. The fourth-order valence-electron chi connectivity index (χ4n) is 9.08. The van der Waals surface area contributed by atoms with Gasteiger partial charge in [0.2, 0.25) is 5.91 Å². The number of benzene rings is 4. The number of para-hydroxylation sites is 1. The Morgan fingerprint density at radius 2 is 1.67 bits per heavy atom. The highest BCUT2D eigenvalue weighted by molar-refractivity contribution is 5.97. The first-order valence-electron chi connectivity index (χ1n) is 21.7. The summed E-state index contributed by atoms with van der Waals surface area (Å²) in [6, 6.07) is 29.8. The van der Waals surface area contributed by atoms with Crippen LogP contribution in [0.15, 0.2) is 91.0 Å². The number of nitrogens with zero attached hydrogens (tertiary/aromatic N) is 2. The van der Waals surface area contributed by atoms with E-state index in [0.717, 1.165) is 75.0 Å². The maximum atomic E-state index is 13.2. The molecule has 0 spiro atoms. The average molecular weight is 832 g/mol. The lowest BCUT2D eigenvalue weighted by molar-refractivity contribution is -0.132. The Bertz CT molecular complexity index is 2130. The minimum atomic E-state index is -0.928. The van der Waals surface area contributed by atoms with Crippen molar-refractivity contribution in [3.05, 3.63) is 108 Å². The number of rotatable bonds is 19. The number of phenolic OH excluding ortho intramolecular Hbond substituents is 1. The second-order valence-corrected chi connectivity index (χ2v) is 16.8. The number of likely N-dealkylation sites (tertiary alicyclic amines) is 1. The van der Waals surface area contributed by atoms with Crippen molar-refractivity contribution in [3.8, 4) is 22.6 Å². The predicted molar refractivity (Wildman–Crippen MR) is 233 cm³/mol. The highest BCUT2D eigenvalue weighted by atomic mass is 16.6. The fourth-order valence-corrected chi connectivity index (χ4v) is 9.08. The summed E-state index contributed by atoms with van der Waals surface area (Å²) in [7, 11) is 0. The molecule has 2 heterocycles. The summed E-state index contributed by atoms with van der Waals surface area (Å²) in [5.41, 5.74) is 5.94. The normalized spacial score (nSPS) is 20.0. The molecule has 61 heavy (non-hydrogen) atoms. The number of ether oxygens (including phenoxy) is 3. The highest BCUT2D eigenvalue weighted by Crippen LogP contribution is 2.42. The van der Waals surface area contributed by atoms with E-state index in [0.29, 0.717) is 50.1 Å². The van der Waals surface area contributed by atoms with E-state index in [2.05, 4.69) is 45.1 Å².